The third-order valence-electron chi connectivity index (χ3n) is 5.10. The number of anilines is 1. The van der Waals surface area contributed by atoms with Crippen LogP contribution in [0.3, 0.4) is 0 Å². The Labute approximate surface area is 172 Å². The lowest BCUT2D eigenvalue weighted by atomic mass is 9.98. The zero-order valence-corrected chi connectivity index (χ0v) is 18.0. The third kappa shape index (κ3) is 5.09. The number of para-hydroxylation sites is 1. The number of carbonyl (C=O) groups excluding carboxylic acids is 1. The summed E-state index contributed by atoms with van der Waals surface area (Å²) in [5.74, 6) is 0.572. The van der Waals surface area contributed by atoms with Crippen molar-refractivity contribution in [3.63, 3.8) is 0 Å². The van der Waals surface area contributed by atoms with E-state index in [0.717, 1.165) is 16.8 Å². The Morgan fingerprint density at radius 3 is 2.69 bits per heavy atom. The van der Waals surface area contributed by atoms with Crippen LogP contribution in [0.5, 0.6) is 5.75 Å². The normalized spacial score (nSPS) is 13.4. The minimum Gasteiger partial charge on any atom is -0.484 e. The number of nitrogens with one attached hydrogen (secondary N) is 1. The van der Waals surface area contributed by atoms with Gasteiger partial charge in [0.15, 0.2) is 6.61 Å². The van der Waals surface area contributed by atoms with Crippen molar-refractivity contribution in [1.29, 1.82) is 0 Å². The van der Waals surface area contributed by atoms with Crippen LogP contribution >= 0.6 is 0 Å². The number of ether oxygens (including phenoxy) is 1. The molecule has 1 N–H and O–H groups in total. The molecule has 2 aromatic carbocycles. The van der Waals surface area contributed by atoms with Crippen LogP contribution < -0.4 is 14.4 Å². The monoisotopic (exact) mass is 416 g/mol. The van der Waals surface area contributed by atoms with Crippen LogP contribution in [0.25, 0.3) is 0 Å². The summed E-state index contributed by atoms with van der Waals surface area (Å²) in [6, 6.07) is 13.3. The van der Waals surface area contributed by atoms with E-state index in [4.69, 9.17) is 4.74 Å². The maximum Gasteiger partial charge on any atom is 0.257 e. The molecule has 1 aliphatic heterocycles. The van der Waals surface area contributed by atoms with E-state index in [2.05, 4.69) is 19.2 Å². The molecule has 1 heterocycles. The van der Waals surface area contributed by atoms with E-state index in [1.165, 1.54) is 9.87 Å². The maximum absolute atomic E-state index is 12.6. The van der Waals surface area contributed by atoms with Crippen molar-refractivity contribution in [3.05, 3.63) is 59.2 Å². The summed E-state index contributed by atoms with van der Waals surface area (Å²) in [6.45, 7) is 6.63. The summed E-state index contributed by atoms with van der Waals surface area (Å²) >= 11 is 0. The van der Waals surface area contributed by atoms with Crippen molar-refractivity contribution < 1.29 is 17.9 Å². The second-order valence-corrected chi connectivity index (χ2v) is 9.59. The van der Waals surface area contributed by atoms with Crippen LogP contribution in [0.15, 0.2) is 42.5 Å². The number of fused-ring (bicyclic) bond motifs is 1. The van der Waals surface area contributed by atoms with Crippen LogP contribution in [0.4, 0.5) is 5.69 Å². The van der Waals surface area contributed by atoms with E-state index in [1.807, 2.05) is 49.4 Å². The summed E-state index contributed by atoms with van der Waals surface area (Å²) in [5.41, 5.74) is 4.14. The van der Waals surface area contributed by atoms with Crippen molar-refractivity contribution in [3.8, 4) is 5.75 Å². The average Bonchev–Trinajstić information content (AvgIpc) is 3.11. The standard InChI is InChI=1S/C22H28N2O4S/c1-16(2)20-9-8-19(14-17(20)3)28-15-22(25)23-11-13-29(26,27)24-12-10-18-6-4-5-7-21(18)24/h4-9,14,16H,10-13,15H2,1-3H3,(H,23,25). The van der Waals surface area contributed by atoms with Crippen molar-refractivity contribution in [2.24, 2.45) is 0 Å². The number of rotatable bonds is 8. The van der Waals surface area contributed by atoms with Crippen LogP contribution in [0.2, 0.25) is 0 Å². The topological polar surface area (TPSA) is 75.7 Å². The second kappa shape index (κ2) is 8.86. The summed E-state index contributed by atoms with van der Waals surface area (Å²) in [5, 5.41) is 2.63. The number of aryl methyl sites for hydroxylation is 1. The second-order valence-electron chi connectivity index (χ2n) is 7.58. The summed E-state index contributed by atoms with van der Waals surface area (Å²) < 4.78 is 32.2. The van der Waals surface area contributed by atoms with Crippen LogP contribution in [-0.4, -0.2) is 39.8 Å². The summed E-state index contributed by atoms with van der Waals surface area (Å²) in [6.07, 6.45) is 0.713. The van der Waals surface area contributed by atoms with Gasteiger partial charge in [-0.25, -0.2) is 8.42 Å². The van der Waals surface area contributed by atoms with E-state index in [0.29, 0.717) is 24.6 Å². The molecule has 0 radical (unpaired) electrons. The fourth-order valence-electron chi connectivity index (χ4n) is 3.61. The van der Waals surface area contributed by atoms with Gasteiger partial charge >= 0.3 is 0 Å². The molecule has 3 rings (SSSR count). The van der Waals surface area contributed by atoms with Gasteiger partial charge in [0.1, 0.15) is 5.75 Å². The molecular weight excluding hydrogens is 388 g/mol. The molecule has 0 spiro atoms. The van der Waals surface area contributed by atoms with Crippen LogP contribution in [0, 0.1) is 6.92 Å². The van der Waals surface area contributed by atoms with E-state index in [9.17, 15) is 13.2 Å². The summed E-state index contributed by atoms with van der Waals surface area (Å²) in [4.78, 5) is 12.0. The predicted octanol–water partition coefficient (Wildman–Crippen LogP) is 3.01. The molecule has 0 saturated heterocycles. The zero-order chi connectivity index (χ0) is 21.0. The van der Waals surface area contributed by atoms with Gasteiger partial charge in [-0.2, -0.15) is 0 Å². The van der Waals surface area contributed by atoms with E-state index >= 15 is 0 Å². The van der Waals surface area contributed by atoms with Gasteiger partial charge in [-0.15, -0.1) is 0 Å². The zero-order valence-electron chi connectivity index (χ0n) is 17.1. The molecule has 0 aromatic heterocycles. The number of benzene rings is 2. The average molecular weight is 417 g/mol. The largest absolute Gasteiger partial charge is 0.484 e. The van der Waals surface area contributed by atoms with E-state index in [-0.39, 0.29) is 24.8 Å². The molecular formula is C22H28N2O4S. The highest BCUT2D eigenvalue weighted by molar-refractivity contribution is 7.92. The van der Waals surface area contributed by atoms with Gasteiger partial charge < -0.3 is 10.1 Å². The number of sulfonamides is 1. The molecule has 6 nitrogen and oxygen atoms in total. The molecule has 0 atom stereocenters. The predicted molar refractivity (Wildman–Crippen MR) is 115 cm³/mol. The Bertz CT molecular complexity index is 986. The van der Waals surface area contributed by atoms with Gasteiger partial charge in [-0.05, 0) is 54.2 Å². The van der Waals surface area contributed by atoms with Gasteiger partial charge in [0, 0.05) is 13.1 Å². The summed E-state index contributed by atoms with van der Waals surface area (Å²) in [7, 11) is -3.48. The maximum atomic E-state index is 12.6. The lowest BCUT2D eigenvalue weighted by molar-refractivity contribution is -0.122. The Morgan fingerprint density at radius 1 is 1.21 bits per heavy atom. The minimum atomic E-state index is -3.48. The van der Waals surface area contributed by atoms with Crippen molar-refractivity contribution in [1.82, 2.24) is 5.32 Å². The molecule has 0 saturated carbocycles. The minimum absolute atomic E-state index is 0.0501. The third-order valence-corrected chi connectivity index (χ3v) is 6.87. The number of carbonyl (C=O) groups is 1. The highest BCUT2D eigenvalue weighted by Gasteiger charge is 2.28. The molecule has 0 fully saturated rings. The lowest BCUT2D eigenvalue weighted by Gasteiger charge is -2.19. The van der Waals surface area contributed by atoms with Gasteiger partial charge in [0.25, 0.3) is 5.91 Å². The molecule has 7 heteroatoms. The van der Waals surface area contributed by atoms with Gasteiger partial charge in [0.2, 0.25) is 10.0 Å². The Hall–Kier alpha value is -2.54. The lowest BCUT2D eigenvalue weighted by Crippen LogP contribution is -2.38. The van der Waals surface area contributed by atoms with E-state index < -0.39 is 10.0 Å². The van der Waals surface area contributed by atoms with E-state index in [1.54, 1.807) is 0 Å². The molecule has 0 bridgehead atoms. The number of hydrogen-bond donors (Lipinski definition) is 1. The Kier molecular flexibility index (Phi) is 6.47. The first-order chi connectivity index (χ1) is 13.8. The fourth-order valence-corrected chi connectivity index (χ4v) is 5.04. The van der Waals surface area contributed by atoms with Crippen molar-refractivity contribution >= 4 is 21.6 Å². The number of nitrogens with zero attached hydrogens (tertiary/aromatic N) is 1. The fraction of sp³-hybridized carbons (Fsp3) is 0.409. The van der Waals surface area contributed by atoms with Gasteiger partial charge in [-0.1, -0.05) is 38.1 Å². The molecule has 156 valence electrons. The molecule has 1 aliphatic rings. The van der Waals surface area contributed by atoms with Gasteiger partial charge in [-0.3, -0.25) is 9.10 Å². The highest BCUT2D eigenvalue weighted by atomic mass is 32.2. The molecule has 29 heavy (non-hydrogen) atoms. The first-order valence-corrected chi connectivity index (χ1v) is 11.5. The van der Waals surface area contributed by atoms with Crippen molar-refractivity contribution in [2.75, 3.05) is 29.8 Å². The molecule has 0 unspecified atom stereocenters. The first kappa shape index (κ1) is 21.2. The first-order valence-electron chi connectivity index (χ1n) is 9.86. The number of hydrogen-bond acceptors (Lipinski definition) is 4. The van der Waals surface area contributed by atoms with Crippen LogP contribution in [0.1, 0.15) is 36.5 Å². The molecule has 1 amide bonds. The van der Waals surface area contributed by atoms with Gasteiger partial charge in [0.05, 0.1) is 11.4 Å². The Balaban J connectivity index is 1.47. The quantitative estimate of drug-likeness (QED) is 0.718. The smallest absolute Gasteiger partial charge is 0.257 e. The highest BCUT2D eigenvalue weighted by Crippen LogP contribution is 2.29. The number of amides is 1. The molecule has 2 aromatic rings. The van der Waals surface area contributed by atoms with Crippen LogP contribution in [-0.2, 0) is 21.2 Å². The Morgan fingerprint density at radius 2 is 1.97 bits per heavy atom. The molecule has 0 aliphatic carbocycles. The van der Waals surface area contributed by atoms with Crippen molar-refractivity contribution in [2.45, 2.75) is 33.1 Å². The SMILES string of the molecule is Cc1cc(OCC(=O)NCCS(=O)(=O)N2CCc3ccccc32)ccc1C(C)C.